The molecule has 2 amide bonds. The van der Waals surface area contributed by atoms with E-state index in [9.17, 15) is 14.4 Å². The van der Waals surface area contributed by atoms with Gasteiger partial charge in [-0.05, 0) is 54.7 Å². The summed E-state index contributed by atoms with van der Waals surface area (Å²) in [6.07, 6.45) is 1.35. The molecule has 8 heteroatoms. The highest BCUT2D eigenvalue weighted by molar-refractivity contribution is 7.20. The summed E-state index contributed by atoms with van der Waals surface area (Å²) in [5.41, 5.74) is 3.71. The summed E-state index contributed by atoms with van der Waals surface area (Å²) < 4.78 is 1.27. The number of amides is 2. The fourth-order valence-electron chi connectivity index (χ4n) is 3.69. The van der Waals surface area contributed by atoms with E-state index in [1.807, 2.05) is 55.5 Å². The Balaban J connectivity index is 1.55. The Kier molecular flexibility index (Phi) is 6.61. The number of hydrogen-bond donors (Lipinski definition) is 2. The lowest BCUT2D eigenvalue weighted by atomic mass is 10.0. The Morgan fingerprint density at radius 3 is 2.41 bits per heavy atom. The fourth-order valence-corrected chi connectivity index (χ4v) is 4.72. The van der Waals surface area contributed by atoms with Crippen molar-refractivity contribution in [1.29, 1.82) is 0 Å². The van der Waals surface area contributed by atoms with Gasteiger partial charge in [-0.25, -0.2) is 4.98 Å². The first kappa shape index (κ1) is 23.4. The molecule has 0 aliphatic heterocycles. The minimum Gasteiger partial charge on any atom is -0.325 e. The number of anilines is 2. The zero-order valence-electron chi connectivity index (χ0n) is 19.5. The van der Waals surface area contributed by atoms with Gasteiger partial charge in [-0.15, -0.1) is 11.3 Å². The minimum atomic E-state index is -0.348. The van der Waals surface area contributed by atoms with Crippen molar-refractivity contribution in [2.24, 2.45) is 0 Å². The summed E-state index contributed by atoms with van der Waals surface area (Å²) in [5, 5.41) is 6.08. The van der Waals surface area contributed by atoms with Crippen molar-refractivity contribution in [3.8, 4) is 0 Å². The molecule has 0 saturated heterocycles. The molecule has 34 heavy (non-hydrogen) atoms. The maximum absolute atomic E-state index is 13.1. The van der Waals surface area contributed by atoms with E-state index in [0.29, 0.717) is 37.9 Å². The Morgan fingerprint density at radius 1 is 1.03 bits per heavy atom. The molecular formula is C26H26N4O3S. The zero-order valence-corrected chi connectivity index (χ0v) is 20.3. The van der Waals surface area contributed by atoms with Crippen LogP contribution in [0.1, 0.15) is 46.1 Å². The highest BCUT2D eigenvalue weighted by Gasteiger charge is 2.20. The Hall–Kier alpha value is -3.78. The molecule has 0 aliphatic rings. The van der Waals surface area contributed by atoms with E-state index in [1.54, 1.807) is 6.92 Å². The van der Waals surface area contributed by atoms with Crippen LogP contribution < -0.4 is 16.2 Å². The standard InChI is InChI=1S/C26H26N4O3S/c1-15(2)18-9-11-19(12-10-18)28-21(31)13-30-14-27-25-22(26(30)33)17(4)23(34-25)24(32)29-20-8-6-5-7-16(20)3/h5-12,14-15H,13H2,1-4H3,(H,28,31)(H,29,32). The molecule has 2 aromatic heterocycles. The summed E-state index contributed by atoms with van der Waals surface area (Å²) in [6.45, 7) is 7.68. The van der Waals surface area contributed by atoms with Gasteiger partial charge in [0.25, 0.3) is 11.5 Å². The lowest BCUT2D eigenvalue weighted by Crippen LogP contribution is -2.28. The van der Waals surface area contributed by atoms with Crippen LogP contribution in [0.15, 0.2) is 59.7 Å². The fraction of sp³-hybridized carbons (Fsp3) is 0.231. The van der Waals surface area contributed by atoms with Crippen molar-refractivity contribution in [1.82, 2.24) is 9.55 Å². The molecule has 7 nitrogen and oxygen atoms in total. The SMILES string of the molecule is Cc1ccccc1NC(=O)c1sc2ncn(CC(=O)Nc3ccc(C(C)C)cc3)c(=O)c2c1C. The molecule has 0 aliphatic carbocycles. The first-order valence-corrected chi connectivity index (χ1v) is 11.8. The van der Waals surface area contributed by atoms with Crippen LogP contribution in [0.3, 0.4) is 0 Å². The predicted molar refractivity (Wildman–Crippen MR) is 137 cm³/mol. The highest BCUT2D eigenvalue weighted by atomic mass is 32.1. The molecule has 0 radical (unpaired) electrons. The van der Waals surface area contributed by atoms with Crippen molar-refractivity contribution in [3.05, 3.63) is 86.8 Å². The van der Waals surface area contributed by atoms with Crippen molar-refractivity contribution in [2.45, 2.75) is 40.2 Å². The average Bonchev–Trinajstić information content (AvgIpc) is 3.14. The summed E-state index contributed by atoms with van der Waals surface area (Å²) in [6, 6.07) is 15.1. The van der Waals surface area contributed by atoms with Gasteiger partial charge < -0.3 is 10.6 Å². The number of carbonyl (C=O) groups excluding carboxylic acids is 2. The van der Waals surface area contributed by atoms with Gasteiger partial charge in [0.1, 0.15) is 11.4 Å². The number of thiophene rings is 1. The van der Waals surface area contributed by atoms with Crippen molar-refractivity contribution >= 4 is 44.7 Å². The van der Waals surface area contributed by atoms with Gasteiger partial charge in [0.2, 0.25) is 5.91 Å². The average molecular weight is 475 g/mol. The molecule has 0 saturated carbocycles. The molecule has 0 unspecified atom stereocenters. The normalized spacial score (nSPS) is 11.1. The van der Waals surface area contributed by atoms with Crippen molar-refractivity contribution < 1.29 is 9.59 Å². The van der Waals surface area contributed by atoms with E-state index in [0.717, 1.165) is 5.56 Å². The summed E-state index contributed by atoms with van der Waals surface area (Å²) in [4.78, 5) is 43.8. The maximum Gasteiger partial charge on any atom is 0.266 e. The number of nitrogens with zero attached hydrogens (tertiary/aromatic N) is 2. The molecule has 0 spiro atoms. The third kappa shape index (κ3) is 4.77. The lowest BCUT2D eigenvalue weighted by molar-refractivity contribution is -0.116. The zero-order chi connectivity index (χ0) is 24.4. The number of nitrogens with one attached hydrogen (secondary N) is 2. The monoisotopic (exact) mass is 474 g/mol. The number of aromatic nitrogens is 2. The quantitative estimate of drug-likeness (QED) is 0.407. The summed E-state index contributed by atoms with van der Waals surface area (Å²) in [7, 11) is 0. The van der Waals surface area contributed by atoms with Crippen LogP contribution in [0, 0.1) is 13.8 Å². The number of fused-ring (bicyclic) bond motifs is 1. The minimum absolute atomic E-state index is 0.173. The van der Waals surface area contributed by atoms with Crippen molar-refractivity contribution in [2.75, 3.05) is 10.6 Å². The van der Waals surface area contributed by atoms with E-state index < -0.39 is 0 Å². The van der Waals surface area contributed by atoms with Gasteiger partial charge >= 0.3 is 0 Å². The Morgan fingerprint density at radius 2 is 1.74 bits per heavy atom. The third-order valence-electron chi connectivity index (χ3n) is 5.69. The molecule has 2 heterocycles. The molecule has 0 fully saturated rings. The van der Waals surface area contributed by atoms with Crippen LogP contribution in [-0.4, -0.2) is 21.4 Å². The van der Waals surface area contributed by atoms with Crippen molar-refractivity contribution in [3.63, 3.8) is 0 Å². The Bertz CT molecular complexity index is 1430. The summed E-state index contributed by atoms with van der Waals surface area (Å²) in [5.74, 6) is -0.215. The molecule has 2 aromatic carbocycles. The molecule has 174 valence electrons. The number of hydrogen-bond acceptors (Lipinski definition) is 5. The van der Waals surface area contributed by atoms with Crippen LogP contribution in [0.4, 0.5) is 11.4 Å². The van der Waals surface area contributed by atoms with Gasteiger partial charge in [0.15, 0.2) is 0 Å². The second-order valence-corrected chi connectivity index (χ2v) is 9.51. The third-order valence-corrected chi connectivity index (χ3v) is 6.89. The van der Waals surface area contributed by atoms with E-state index in [4.69, 9.17) is 0 Å². The largest absolute Gasteiger partial charge is 0.325 e. The van der Waals surface area contributed by atoms with E-state index >= 15 is 0 Å². The number of para-hydroxylation sites is 1. The smallest absolute Gasteiger partial charge is 0.266 e. The molecular weight excluding hydrogens is 448 g/mol. The second kappa shape index (κ2) is 9.61. The molecule has 4 aromatic rings. The van der Waals surface area contributed by atoms with Crippen LogP contribution >= 0.6 is 11.3 Å². The molecule has 0 bridgehead atoms. The van der Waals surface area contributed by atoms with E-state index in [2.05, 4.69) is 29.5 Å². The topological polar surface area (TPSA) is 93.1 Å². The Labute approximate surface area is 201 Å². The van der Waals surface area contributed by atoms with Gasteiger partial charge in [0.05, 0.1) is 16.6 Å². The first-order chi connectivity index (χ1) is 16.2. The molecule has 2 N–H and O–H groups in total. The van der Waals surface area contributed by atoms with E-state index in [-0.39, 0.29) is 23.9 Å². The van der Waals surface area contributed by atoms with Crippen LogP contribution in [0.5, 0.6) is 0 Å². The summed E-state index contributed by atoms with van der Waals surface area (Å²) >= 11 is 1.17. The number of benzene rings is 2. The molecule has 0 atom stereocenters. The van der Waals surface area contributed by atoms with Gasteiger partial charge in [0, 0.05) is 11.4 Å². The predicted octanol–water partition coefficient (Wildman–Crippen LogP) is 5.09. The van der Waals surface area contributed by atoms with Crippen LogP contribution in [-0.2, 0) is 11.3 Å². The maximum atomic E-state index is 13.1. The van der Waals surface area contributed by atoms with Crippen LogP contribution in [0.2, 0.25) is 0 Å². The lowest BCUT2D eigenvalue weighted by Gasteiger charge is -2.09. The van der Waals surface area contributed by atoms with E-state index in [1.165, 1.54) is 27.8 Å². The number of rotatable bonds is 6. The second-order valence-electron chi connectivity index (χ2n) is 8.51. The van der Waals surface area contributed by atoms with Gasteiger partial charge in [-0.2, -0.15) is 0 Å². The first-order valence-electron chi connectivity index (χ1n) is 11.0. The van der Waals surface area contributed by atoms with Gasteiger partial charge in [-0.3, -0.25) is 19.0 Å². The number of aryl methyl sites for hydroxylation is 2. The van der Waals surface area contributed by atoms with Gasteiger partial charge in [-0.1, -0.05) is 44.2 Å². The number of carbonyl (C=O) groups is 2. The molecule has 4 rings (SSSR count). The highest BCUT2D eigenvalue weighted by Crippen LogP contribution is 2.28. The van der Waals surface area contributed by atoms with Crippen LogP contribution in [0.25, 0.3) is 10.2 Å².